The molecule has 7 rings (SSSR count). The molecule has 53 heavy (non-hydrogen) atoms. The Kier molecular flexibility index (Phi) is 11.3. The van der Waals surface area contributed by atoms with Crippen LogP contribution in [0.3, 0.4) is 0 Å². The van der Waals surface area contributed by atoms with Crippen LogP contribution in [0.1, 0.15) is 53.1 Å². The number of likely N-dealkylation sites (tertiary alicyclic amines) is 1. The zero-order valence-electron chi connectivity index (χ0n) is 29.0. The lowest BCUT2D eigenvalue weighted by atomic mass is 9.99. The summed E-state index contributed by atoms with van der Waals surface area (Å²) in [5, 5.41) is 21.0. The van der Waals surface area contributed by atoms with Crippen LogP contribution in [-0.4, -0.2) is 60.6 Å². The second kappa shape index (κ2) is 16.6. The molecule has 2 saturated heterocycles. The number of carbonyl (C=O) groups is 3. The Hall–Kier alpha value is -5.34. The first-order chi connectivity index (χ1) is 25.8. The summed E-state index contributed by atoms with van der Waals surface area (Å²) in [6.07, 6.45) is 0.503. The molecule has 0 aliphatic carbocycles. The number of nitrogens with zero attached hydrogens (tertiary/aromatic N) is 4. The average Bonchev–Trinajstić information content (AvgIpc) is 3.73. The van der Waals surface area contributed by atoms with Crippen molar-refractivity contribution in [1.82, 2.24) is 25.0 Å². The molecule has 1 unspecified atom stereocenters. The topological polar surface area (TPSA) is 145 Å². The van der Waals surface area contributed by atoms with E-state index in [2.05, 4.69) is 15.5 Å². The summed E-state index contributed by atoms with van der Waals surface area (Å²) >= 11 is 1.58. The minimum Gasteiger partial charge on any atom is -0.445 e. The second-order valence-corrected chi connectivity index (χ2v) is 14.0. The number of alkyl carbamates (subject to hydrolysis) is 1. The zero-order valence-corrected chi connectivity index (χ0v) is 29.9. The lowest BCUT2D eigenvalue weighted by molar-refractivity contribution is -0.245. The Morgan fingerprint density at radius 1 is 0.906 bits per heavy atom. The summed E-state index contributed by atoms with van der Waals surface area (Å²) in [5.41, 5.74) is 6.16. The molecule has 0 spiro atoms. The average molecular weight is 734 g/mol. The summed E-state index contributed by atoms with van der Waals surface area (Å²) in [6.45, 7) is 0.119. The van der Waals surface area contributed by atoms with Crippen LogP contribution in [0.15, 0.2) is 115 Å². The van der Waals surface area contributed by atoms with Crippen LogP contribution in [0.25, 0.3) is 11.1 Å². The van der Waals surface area contributed by atoms with Gasteiger partial charge in [0.25, 0.3) is 5.91 Å². The number of ether oxygens (including phenoxy) is 3. The van der Waals surface area contributed by atoms with E-state index in [0.29, 0.717) is 12.2 Å². The number of nitrogens with one attached hydrogen (secondary N) is 1. The van der Waals surface area contributed by atoms with Crippen molar-refractivity contribution in [3.05, 3.63) is 137 Å². The third kappa shape index (κ3) is 8.83. The van der Waals surface area contributed by atoms with Gasteiger partial charge in [-0.3, -0.25) is 14.5 Å². The number of hydrogen-bond donors (Lipinski definition) is 2. The minimum absolute atomic E-state index is 0.0237. The number of amides is 3. The number of benzene rings is 4. The molecule has 2 aliphatic rings. The van der Waals surface area contributed by atoms with E-state index in [9.17, 15) is 19.5 Å². The lowest BCUT2D eigenvalue weighted by Gasteiger charge is -2.36. The Morgan fingerprint density at radius 2 is 1.66 bits per heavy atom. The molecule has 4 atom stereocenters. The first-order valence-corrected chi connectivity index (χ1v) is 18.3. The summed E-state index contributed by atoms with van der Waals surface area (Å²) in [5.74, 6) is -0.161. The largest absolute Gasteiger partial charge is 0.445 e. The van der Waals surface area contributed by atoms with Gasteiger partial charge in [-0.05, 0) is 39.4 Å². The molecule has 0 radical (unpaired) electrons. The summed E-state index contributed by atoms with van der Waals surface area (Å²) in [4.78, 5) is 39.6. The van der Waals surface area contributed by atoms with Gasteiger partial charge in [0.15, 0.2) is 11.4 Å². The van der Waals surface area contributed by atoms with Crippen molar-refractivity contribution < 1.29 is 33.7 Å². The smallest absolute Gasteiger partial charge is 0.408 e. The molecule has 12 nitrogen and oxygen atoms in total. The highest BCUT2D eigenvalue weighted by molar-refractivity contribution is 7.99. The van der Waals surface area contributed by atoms with E-state index in [1.165, 1.54) is 4.90 Å². The highest BCUT2D eigenvalue weighted by atomic mass is 32.2. The van der Waals surface area contributed by atoms with Crippen molar-refractivity contribution in [2.45, 2.75) is 62.3 Å². The SMILES string of the molecule is Cn1cnnc1SC[C@@H]1C[C@H](c2ccc(CO)cc2)O[C@H](c2ccc(-c3cccc(CN4C(=O)CC(NC(=O)OCc5ccccc5)C4=O)c3)cc2)O1. The lowest BCUT2D eigenvalue weighted by Crippen LogP contribution is -2.41. The van der Waals surface area contributed by atoms with Gasteiger partial charge in [0.2, 0.25) is 5.91 Å². The molecule has 2 fully saturated rings. The fourth-order valence-corrected chi connectivity index (χ4v) is 7.23. The van der Waals surface area contributed by atoms with Crippen molar-refractivity contribution in [3.63, 3.8) is 0 Å². The van der Waals surface area contributed by atoms with Crippen molar-refractivity contribution >= 4 is 29.7 Å². The maximum Gasteiger partial charge on any atom is 0.408 e. The summed E-state index contributed by atoms with van der Waals surface area (Å²) in [7, 11) is 1.91. The normalized spacial score (nSPS) is 20.1. The number of hydrogen-bond acceptors (Lipinski definition) is 10. The minimum atomic E-state index is -0.977. The molecule has 1 aromatic heterocycles. The van der Waals surface area contributed by atoms with Gasteiger partial charge in [-0.15, -0.1) is 10.2 Å². The van der Waals surface area contributed by atoms with Crippen LogP contribution >= 0.6 is 11.8 Å². The molecule has 272 valence electrons. The van der Waals surface area contributed by atoms with Gasteiger partial charge in [-0.2, -0.15) is 0 Å². The van der Waals surface area contributed by atoms with Crippen LogP contribution < -0.4 is 5.32 Å². The first-order valence-electron chi connectivity index (χ1n) is 17.3. The van der Waals surface area contributed by atoms with Crippen LogP contribution in [0, 0.1) is 0 Å². The van der Waals surface area contributed by atoms with Crippen molar-refractivity contribution in [1.29, 1.82) is 0 Å². The Balaban J connectivity index is 1.000. The van der Waals surface area contributed by atoms with Crippen molar-refractivity contribution in [2.75, 3.05) is 5.75 Å². The maximum atomic E-state index is 13.1. The van der Waals surface area contributed by atoms with E-state index in [0.717, 1.165) is 44.1 Å². The van der Waals surface area contributed by atoms with Gasteiger partial charge < -0.3 is 29.2 Å². The third-order valence-corrected chi connectivity index (χ3v) is 10.4. The quantitative estimate of drug-likeness (QED) is 0.118. The zero-order chi connectivity index (χ0) is 36.7. The number of aromatic nitrogens is 3. The molecular formula is C40H39N5O7S. The number of rotatable bonds is 12. The van der Waals surface area contributed by atoms with Gasteiger partial charge >= 0.3 is 6.09 Å². The Bertz CT molecular complexity index is 2040. The fourth-order valence-electron chi connectivity index (χ4n) is 6.33. The van der Waals surface area contributed by atoms with Crippen LogP contribution in [0.5, 0.6) is 0 Å². The molecule has 13 heteroatoms. The number of thioether (sulfide) groups is 1. The van der Waals surface area contributed by atoms with Crippen molar-refractivity contribution in [3.8, 4) is 11.1 Å². The van der Waals surface area contributed by atoms with E-state index >= 15 is 0 Å². The Morgan fingerprint density at radius 3 is 2.40 bits per heavy atom. The molecule has 3 amide bonds. The first kappa shape index (κ1) is 36.0. The highest BCUT2D eigenvalue weighted by Gasteiger charge is 2.40. The number of imide groups is 1. The van der Waals surface area contributed by atoms with Crippen LogP contribution in [0.2, 0.25) is 0 Å². The van der Waals surface area contributed by atoms with E-state index < -0.39 is 24.3 Å². The summed E-state index contributed by atoms with van der Waals surface area (Å²) in [6, 6.07) is 31.7. The number of aliphatic hydroxyl groups excluding tert-OH is 1. The third-order valence-electron chi connectivity index (χ3n) is 9.22. The number of aliphatic hydroxyl groups is 1. The van der Waals surface area contributed by atoms with Gasteiger partial charge in [-0.25, -0.2) is 4.79 Å². The molecule has 2 N–H and O–H groups in total. The van der Waals surface area contributed by atoms with Gasteiger partial charge in [-0.1, -0.05) is 109 Å². The fraction of sp³-hybridized carbons (Fsp3) is 0.275. The Labute approximate surface area is 311 Å². The van der Waals surface area contributed by atoms with E-state index in [1.807, 2.05) is 115 Å². The van der Waals surface area contributed by atoms with Crippen LogP contribution in [-0.2, 0) is 50.6 Å². The molecule has 2 aliphatic heterocycles. The summed E-state index contributed by atoms with van der Waals surface area (Å²) < 4.78 is 20.1. The number of aryl methyl sites for hydroxylation is 1. The predicted molar refractivity (Wildman–Crippen MR) is 196 cm³/mol. The molecular weight excluding hydrogens is 695 g/mol. The molecule has 0 bridgehead atoms. The van der Waals surface area contributed by atoms with E-state index in [-0.39, 0.29) is 44.3 Å². The molecule has 4 aromatic carbocycles. The molecule has 5 aromatic rings. The second-order valence-electron chi connectivity index (χ2n) is 13.0. The predicted octanol–water partition coefficient (Wildman–Crippen LogP) is 5.87. The standard InChI is InChI=1S/C40H39N5O7S/c1-44-25-41-43-39(44)53-24-33-19-35(30-12-10-26(22-46)11-13-30)52-38(51-33)31-16-14-29(15-17-31)32-9-5-8-28(18-32)21-45-36(47)20-34(37(45)48)42-40(49)50-23-27-6-3-2-4-7-27/h2-18,25,33-35,38,46H,19-24H2,1H3,(H,42,49)/t33-,34?,35+,38+/m0/s1. The van der Waals surface area contributed by atoms with Crippen LogP contribution in [0.4, 0.5) is 4.79 Å². The monoisotopic (exact) mass is 733 g/mol. The van der Waals surface area contributed by atoms with E-state index in [4.69, 9.17) is 14.2 Å². The maximum absolute atomic E-state index is 13.1. The van der Waals surface area contributed by atoms with Gasteiger partial charge in [0, 0.05) is 24.8 Å². The highest BCUT2D eigenvalue weighted by Crippen LogP contribution is 2.40. The number of carbonyl (C=O) groups excluding carboxylic acids is 3. The van der Waals surface area contributed by atoms with Gasteiger partial charge in [0.1, 0.15) is 19.0 Å². The molecule has 3 heterocycles. The molecule has 0 saturated carbocycles. The van der Waals surface area contributed by atoms with Crippen molar-refractivity contribution in [2.24, 2.45) is 7.05 Å². The van der Waals surface area contributed by atoms with Gasteiger partial charge in [0.05, 0.1) is 31.8 Å². The van der Waals surface area contributed by atoms with E-state index in [1.54, 1.807) is 18.1 Å².